The molecule has 1 atom stereocenters. The average Bonchev–Trinajstić information content (AvgIpc) is 3.60. The van der Waals surface area contributed by atoms with Gasteiger partial charge in [-0.05, 0) is 84.7 Å². The van der Waals surface area contributed by atoms with E-state index in [4.69, 9.17) is 0 Å². The van der Waals surface area contributed by atoms with Crippen LogP contribution >= 0.6 is 15.9 Å². The van der Waals surface area contributed by atoms with Crippen LogP contribution in [0.3, 0.4) is 0 Å². The van der Waals surface area contributed by atoms with Crippen LogP contribution in [-0.2, 0) is 9.59 Å². The molecule has 1 fully saturated rings. The van der Waals surface area contributed by atoms with E-state index in [9.17, 15) is 14.9 Å². The van der Waals surface area contributed by atoms with Crippen LogP contribution < -0.4 is 10.6 Å². The van der Waals surface area contributed by atoms with Crippen molar-refractivity contribution in [1.82, 2.24) is 15.2 Å². The number of nitriles is 1. The molecule has 2 N–H and O–H groups in total. The molecule has 1 saturated carbocycles. The van der Waals surface area contributed by atoms with Gasteiger partial charge in [0.25, 0.3) is 5.91 Å². The highest BCUT2D eigenvalue weighted by molar-refractivity contribution is 9.10. The van der Waals surface area contributed by atoms with Crippen molar-refractivity contribution < 1.29 is 9.59 Å². The Morgan fingerprint density at radius 3 is 2.56 bits per heavy atom. The smallest absolute Gasteiger partial charge is 0.262 e. The molecule has 1 aromatic heterocycles. The molecule has 166 valence electrons. The van der Waals surface area contributed by atoms with Crippen LogP contribution in [0.5, 0.6) is 0 Å². The zero-order valence-corrected chi connectivity index (χ0v) is 19.7. The number of benzene rings is 1. The van der Waals surface area contributed by atoms with Crippen molar-refractivity contribution in [2.75, 3.05) is 26.0 Å². The van der Waals surface area contributed by atoms with E-state index in [0.29, 0.717) is 29.2 Å². The van der Waals surface area contributed by atoms with E-state index in [2.05, 4.69) is 31.5 Å². The van der Waals surface area contributed by atoms with Gasteiger partial charge in [-0.15, -0.1) is 0 Å². The monoisotopic (exact) mass is 495 g/mol. The van der Waals surface area contributed by atoms with Gasteiger partial charge < -0.3 is 15.5 Å². The zero-order chi connectivity index (χ0) is 23.1. The third kappa shape index (κ3) is 7.01. The van der Waals surface area contributed by atoms with Gasteiger partial charge >= 0.3 is 0 Å². The van der Waals surface area contributed by atoms with Crippen LogP contribution in [-0.4, -0.2) is 42.3 Å². The van der Waals surface area contributed by atoms with Gasteiger partial charge in [0.1, 0.15) is 16.2 Å². The Bertz CT molecular complexity index is 1040. The molecule has 7 nitrogen and oxygen atoms in total. The Labute approximate surface area is 196 Å². The van der Waals surface area contributed by atoms with Gasteiger partial charge in [-0.3, -0.25) is 9.59 Å². The second kappa shape index (κ2) is 11.0. The van der Waals surface area contributed by atoms with E-state index < -0.39 is 5.91 Å². The first-order valence-electron chi connectivity index (χ1n) is 10.5. The standard InChI is InChI=1S/C24H26BrN5O2/c1-30(2)13-12-22(31)28-19-10-8-17(9-11-19)23(16-6-7-16)29-24(32)18(15-26)14-20-4-3-5-21(25)27-20/h3-5,8-11,14,16,23H,6-7,12-13H2,1-2H3,(H,28,31)(H,29,32)/b18-14+. The normalized spacial score (nSPS) is 14.5. The van der Waals surface area contributed by atoms with E-state index in [-0.39, 0.29) is 17.5 Å². The summed E-state index contributed by atoms with van der Waals surface area (Å²) < 4.78 is 0.633. The minimum atomic E-state index is -0.424. The number of hydrogen-bond donors (Lipinski definition) is 2. The van der Waals surface area contributed by atoms with Crippen LogP contribution in [0.4, 0.5) is 5.69 Å². The largest absolute Gasteiger partial charge is 0.344 e. The Morgan fingerprint density at radius 1 is 1.25 bits per heavy atom. The van der Waals surface area contributed by atoms with Crippen molar-refractivity contribution in [3.05, 3.63) is 63.9 Å². The molecule has 2 aromatic rings. The van der Waals surface area contributed by atoms with Crippen LogP contribution in [0.15, 0.2) is 52.6 Å². The molecule has 0 bridgehead atoms. The van der Waals surface area contributed by atoms with Crippen LogP contribution in [0, 0.1) is 17.2 Å². The molecule has 1 unspecified atom stereocenters. The predicted molar refractivity (Wildman–Crippen MR) is 127 cm³/mol. The molecule has 2 amide bonds. The molecule has 0 aliphatic heterocycles. The highest BCUT2D eigenvalue weighted by Crippen LogP contribution is 2.41. The Morgan fingerprint density at radius 2 is 1.97 bits per heavy atom. The molecule has 1 aromatic carbocycles. The van der Waals surface area contributed by atoms with Gasteiger partial charge in [0.15, 0.2) is 0 Å². The Hall–Kier alpha value is -3.02. The van der Waals surface area contributed by atoms with Gasteiger partial charge in [-0.1, -0.05) is 18.2 Å². The van der Waals surface area contributed by atoms with Crippen molar-refractivity contribution in [3.8, 4) is 6.07 Å². The summed E-state index contributed by atoms with van der Waals surface area (Å²) >= 11 is 3.29. The highest BCUT2D eigenvalue weighted by Gasteiger charge is 2.34. The number of halogens is 1. The van der Waals surface area contributed by atoms with Crippen molar-refractivity contribution in [2.45, 2.75) is 25.3 Å². The number of nitrogens with zero attached hydrogens (tertiary/aromatic N) is 3. The van der Waals surface area contributed by atoms with E-state index in [1.165, 1.54) is 6.08 Å². The molecule has 0 saturated heterocycles. The molecule has 8 heteroatoms. The van der Waals surface area contributed by atoms with Gasteiger partial charge in [-0.2, -0.15) is 5.26 Å². The molecular weight excluding hydrogens is 470 g/mol. The Balaban J connectivity index is 1.68. The zero-order valence-electron chi connectivity index (χ0n) is 18.1. The number of rotatable bonds is 9. The van der Waals surface area contributed by atoms with Crippen LogP contribution in [0.1, 0.15) is 36.6 Å². The summed E-state index contributed by atoms with van der Waals surface area (Å²) in [5, 5.41) is 15.4. The maximum atomic E-state index is 12.8. The fourth-order valence-corrected chi connectivity index (χ4v) is 3.60. The number of aromatic nitrogens is 1. The van der Waals surface area contributed by atoms with Crippen molar-refractivity contribution in [3.63, 3.8) is 0 Å². The molecule has 1 heterocycles. The first kappa shape index (κ1) is 23.6. The third-order valence-corrected chi connectivity index (χ3v) is 5.56. The number of hydrogen-bond acceptors (Lipinski definition) is 5. The molecule has 0 spiro atoms. The maximum absolute atomic E-state index is 12.8. The highest BCUT2D eigenvalue weighted by atomic mass is 79.9. The summed E-state index contributed by atoms with van der Waals surface area (Å²) in [5.74, 6) is -0.126. The van der Waals surface area contributed by atoms with Gasteiger partial charge in [0, 0.05) is 18.7 Å². The minimum Gasteiger partial charge on any atom is -0.344 e. The lowest BCUT2D eigenvalue weighted by Gasteiger charge is -2.19. The predicted octanol–water partition coefficient (Wildman–Crippen LogP) is 3.91. The first-order valence-corrected chi connectivity index (χ1v) is 11.2. The summed E-state index contributed by atoms with van der Waals surface area (Å²) in [4.78, 5) is 31.1. The first-order chi connectivity index (χ1) is 15.4. The van der Waals surface area contributed by atoms with Gasteiger partial charge in [0.05, 0.1) is 11.7 Å². The summed E-state index contributed by atoms with van der Waals surface area (Å²) in [6.07, 6.45) is 3.95. The lowest BCUT2D eigenvalue weighted by Crippen LogP contribution is -2.30. The molecule has 32 heavy (non-hydrogen) atoms. The quantitative estimate of drug-likeness (QED) is 0.312. The van der Waals surface area contributed by atoms with Gasteiger partial charge in [-0.25, -0.2) is 4.98 Å². The van der Waals surface area contributed by atoms with E-state index in [1.807, 2.05) is 49.3 Å². The van der Waals surface area contributed by atoms with E-state index >= 15 is 0 Å². The third-order valence-electron chi connectivity index (χ3n) is 5.11. The van der Waals surface area contributed by atoms with Crippen molar-refractivity contribution in [1.29, 1.82) is 5.26 Å². The van der Waals surface area contributed by atoms with Crippen LogP contribution in [0.25, 0.3) is 6.08 Å². The minimum absolute atomic E-state index is 0.00558. The summed E-state index contributed by atoms with van der Waals surface area (Å²) in [5.41, 5.74) is 2.20. The number of carbonyl (C=O) groups excluding carboxylic acids is 2. The molecule has 3 rings (SSSR count). The lowest BCUT2D eigenvalue weighted by atomic mass is 10.0. The number of nitrogens with one attached hydrogen (secondary N) is 2. The number of carbonyl (C=O) groups is 2. The number of anilines is 1. The maximum Gasteiger partial charge on any atom is 0.262 e. The second-order valence-electron chi connectivity index (χ2n) is 8.07. The fourth-order valence-electron chi connectivity index (χ4n) is 3.25. The topological polar surface area (TPSA) is 98.1 Å². The number of pyridine rings is 1. The van der Waals surface area contributed by atoms with E-state index in [0.717, 1.165) is 24.1 Å². The Kier molecular flexibility index (Phi) is 8.14. The SMILES string of the molecule is CN(C)CCC(=O)Nc1ccc(C(NC(=O)/C(C#N)=C/c2cccc(Br)n2)C2CC2)cc1. The second-order valence-corrected chi connectivity index (χ2v) is 8.88. The average molecular weight is 496 g/mol. The molecule has 0 radical (unpaired) electrons. The van der Waals surface area contributed by atoms with Crippen molar-refractivity contribution >= 4 is 39.5 Å². The number of amides is 2. The summed E-state index contributed by atoms with van der Waals surface area (Å²) in [7, 11) is 3.85. The van der Waals surface area contributed by atoms with Crippen molar-refractivity contribution in [2.24, 2.45) is 5.92 Å². The van der Waals surface area contributed by atoms with Gasteiger partial charge in [0.2, 0.25) is 5.91 Å². The summed E-state index contributed by atoms with van der Waals surface area (Å²) in [6, 6.07) is 14.6. The molecule has 1 aliphatic rings. The fraction of sp³-hybridized carbons (Fsp3) is 0.333. The van der Waals surface area contributed by atoms with E-state index in [1.54, 1.807) is 18.2 Å². The molecular formula is C24H26BrN5O2. The molecule has 1 aliphatic carbocycles. The summed E-state index contributed by atoms with van der Waals surface area (Å²) in [6.45, 7) is 0.684. The van der Waals surface area contributed by atoms with Crippen LogP contribution in [0.2, 0.25) is 0 Å². The lowest BCUT2D eigenvalue weighted by molar-refractivity contribution is -0.118.